The molecule has 2 aromatic heterocycles. The van der Waals surface area contributed by atoms with Crippen molar-refractivity contribution in [3.63, 3.8) is 0 Å². The number of rotatable bonds is 8. The number of nitriles is 1. The SMILES string of the molecule is N#Cc1ccc(COc2cccc(-c3cc(F)c(Cc4nc5ccc(C(=O)O)cc5n4C4CO[C@H]5OCC[C@@H]45)cc3F)n2)c(F)c1. The van der Waals surface area contributed by atoms with Crippen molar-refractivity contribution in [3.05, 3.63) is 112 Å². The third kappa shape index (κ3) is 5.44. The minimum Gasteiger partial charge on any atom is -0.478 e. The van der Waals surface area contributed by atoms with Gasteiger partial charge in [-0.2, -0.15) is 5.26 Å². The molecule has 9 nitrogen and oxygen atoms in total. The van der Waals surface area contributed by atoms with Crippen molar-refractivity contribution >= 4 is 17.0 Å². The van der Waals surface area contributed by atoms with Gasteiger partial charge in [0.1, 0.15) is 29.9 Å². The number of nitrogens with zero attached hydrogens (tertiary/aromatic N) is 4. The van der Waals surface area contributed by atoms with E-state index in [-0.39, 0.29) is 70.7 Å². The molecule has 0 radical (unpaired) electrons. The first kappa shape index (κ1) is 29.5. The Kier molecular flexibility index (Phi) is 7.64. The van der Waals surface area contributed by atoms with Gasteiger partial charge in [-0.25, -0.2) is 27.9 Å². The molecular weight excluding hydrogens is 601 g/mol. The summed E-state index contributed by atoms with van der Waals surface area (Å²) in [7, 11) is 0. The number of halogens is 3. The van der Waals surface area contributed by atoms with E-state index in [2.05, 4.69) is 4.98 Å². The zero-order valence-corrected chi connectivity index (χ0v) is 24.1. The summed E-state index contributed by atoms with van der Waals surface area (Å²) in [4.78, 5) is 20.7. The fourth-order valence-corrected chi connectivity index (χ4v) is 6.10. The molecule has 7 rings (SSSR count). The average Bonchev–Trinajstić information content (AvgIpc) is 3.77. The first-order chi connectivity index (χ1) is 22.3. The highest BCUT2D eigenvalue weighted by molar-refractivity contribution is 5.92. The number of imidazole rings is 1. The molecular formula is C34H25F3N4O5. The molecule has 5 aromatic rings. The van der Waals surface area contributed by atoms with Crippen molar-refractivity contribution in [1.29, 1.82) is 5.26 Å². The fraction of sp³-hybridized carbons (Fsp3) is 0.235. The number of fused-ring (bicyclic) bond motifs is 2. The summed E-state index contributed by atoms with van der Waals surface area (Å²) in [5.41, 5.74) is 1.64. The zero-order valence-electron chi connectivity index (χ0n) is 24.1. The summed E-state index contributed by atoms with van der Waals surface area (Å²) in [6.07, 6.45) is 0.284. The molecule has 0 saturated carbocycles. The number of benzene rings is 3. The predicted octanol–water partition coefficient (Wildman–Crippen LogP) is 6.19. The summed E-state index contributed by atoms with van der Waals surface area (Å²) >= 11 is 0. The summed E-state index contributed by atoms with van der Waals surface area (Å²) in [5.74, 6) is -2.58. The largest absolute Gasteiger partial charge is 0.478 e. The number of hydrogen-bond acceptors (Lipinski definition) is 7. The van der Waals surface area contributed by atoms with Crippen LogP contribution in [0.5, 0.6) is 5.88 Å². The zero-order chi connectivity index (χ0) is 31.9. The molecule has 1 unspecified atom stereocenters. The van der Waals surface area contributed by atoms with Gasteiger partial charge in [0.15, 0.2) is 6.29 Å². The second-order valence-corrected chi connectivity index (χ2v) is 11.2. The molecule has 46 heavy (non-hydrogen) atoms. The van der Waals surface area contributed by atoms with Gasteiger partial charge in [0, 0.05) is 29.5 Å². The van der Waals surface area contributed by atoms with Crippen molar-refractivity contribution in [3.8, 4) is 23.2 Å². The lowest BCUT2D eigenvalue weighted by atomic mass is 9.99. The van der Waals surface area contributed by atoms with E-state index in [0.29, 0.717) is 30.1 Å². The third-order valence-corrected chi connectivity index (χ3v) is 8.39. The van der Waals surface area contributed by atoms with Crippen LogP contribution >= 0.6 is 0 Å². The van der Waals surface area contributed by atoms with Crippen LogP contribution in [0.2, 0.25) is 0 Å². The maximum atomic E-state index is 15.7. The van der Waals surface area contributed by atoms with Crippen LogP contribution in [0.15, 0.2) is 66.7 Å². The second-order valence-electron chi connectivity index (χ2n) is 11.2. The van der Waals surface area contributed by atoms with E-state index < -0.39 is 23.4 Å². The first-order valence-corrected chi connectivity index (χ1v) is 14.5. The van der Waals surface area contributed by atoms with Crippen molar-refractivity contribution < 1.29 is 37.3 Å². The van der Waals surface area contributed by atoms with Gasteiger partial charge in [-0.3, -0.25) is 0 Å². The smallest absolute Gasteiger partial charge is 0.335 e. The molecule has 0 spiro atoms. The van der Waals surface area contributed by atoms with Gasteiger partial charge in [0.2, 0.25) is 5.88 Å². The molecule has 4 heterocycles. The number of aromatic nitrogens is 3. The lowest BCUT2D eigenvalue weighted by molar-refractivity contribution is -0.0905. The predicted molar refractivity (Wildman–Crippen MR) is 157 cm³/mol. The van der Waals surface area contributed by atoms with Gasteiger partial charge in [0.05, 0.1) is 53.2 Å². The van der Waals surface area contributed by atoms with E-state index in [1.165, 1.54) is 36.4 Å². The normalized spacial score (nSPS) is 18.9. The van der Waals surface area contributed by atoms with Gasteiger partial charge in [0.25, 0.3) is 0 Å². The van der Waals surface area contributed by atoms with E-state index in [9.17, 15) is 14.3 Å². The number of carboxylic acids is 1. The monoisotopic (exact) mass is 626 g/mol. The maximum Gasteiger partial charge on any atom is 0.335 e. The van der Waals surface area contributed by atoms with Crippen molar-refractivity contribution in [2.75, 3.05) is 13.2 Å². The molecule has 232 valence electrons. The molecule has 0 amide bonds. The molecule has 0 bridgehead atoms. The molecule has 2 fully saturated rings. The van der Waals surface area contributed by atoms with Gasteiger partial charge in [-0.15, -0.1) is 0 Å². The Morgan fingerprint density at radius 2 is 1.85 bits per heavy atom. The molecule has 12 heteroatoms. The van der Waals surface area contributed by atoms with Gasteiger partial charge >= 0.3 is 5.97 Å². The minimum atomic E-state index is -1.09. The van der Waals surface area contributed by atoms with Gasteiger partial charge in [-0.05, 0) is 60.5 Å². The van der Waals surface area contributed by atoms with Crippen LogP contribution in [-0.2, 0) is 22.5 Å². The standard InChI is InChI=1S/C34H25F3N4O5/c35-24-10-18(15-38)4-5-20(24)16-45-32-3-1-2-27(40-32)23-14-25(36)21(11-26(23)37)13-31-39-28-7-6-19(33(42)43)12-29(28)41(31)30-17-46-34-22(30)8-9-44-34/h1-7,10-12,14,22,30,34H,8-9,13,16-17H2,(H,42,43)/t22-,30?,34+/m0/s1. The molecule has 1 N–H and O–H groups in total. The van der Waals surface area contributed by atoms with E-state index >= 15 is 8.78 Å². The molecule has 2 saturated heterocycles. The molecule has 3 aromatic carbocycles. The Hall–Kier alpha value is -5.25. The number of carbonyl (C=O) groups is 1. The lowest BCUT2D eigenvalue weighted by Gasteiger charge is -2.21. The minimum absolute atomic E-state index is 0.00238. The molecule has 0 aliphatic carbocycles. The Balaban J connectivity index is 1.18. The second kappa shape index (κ2) is 11.9. The van der Waals surface area contributed by atoms with Crippen LogP contribution in [0.1, 0.15) is 45.3 Å². The first-order valence-electron chi connectivity index (χ1n) is 14.5. The van der Waals surface area contributed by atoms with Crippen molar-refractivity contribution in [2.24, 2.45) is 5.92 Å². The van der Waals surface area contributed by atoms with Crippen LogP contribution < -0.4 is 4.74 Å². The quantitative estimate of drug-likeness (QED) is 0.217. The van der Waals surface area contributed by atoms with Crippen LogP contribution in [0.25, 0.3) is 22.3 Å². The van der Waals surface area contributed by atoms with E-state index in [1.54, 1.807) is 12.1 Å². The number of hydrogen-bond donors (Lipinski definition) is 1. The van der Waals surface area contributed by atoms with E-state index in [4.69, 9.17) is 24.5 Å². The van der Waals surface area contributed by atoms with E-state index in [1.807, 2.05) is 10.6 Å². The fourth-order valence-electron chi connectivity index (χ4n) is 6.10. The Morgan fingerprint density at radius 3 is 2.65 bits per heavy atom. The van der Waals surface area contributed by atoms with Gasteiger partial charge < -0.3 is 23.9 Å². The van der Waals surface area contributed by atoms with Crippen LogP contribution in [0, 0.1) is 34.7 Å². The van der Waals surface area contributed by atoms with Crippen LogP contribution in [0.3, 0.4) is 0 Å². The highest BCUT2D eigenvalue weighted by Crippen LogP contribution is 2.41. The number of carboxylic acid groups (broad SMARTS) is 1. The molecule has 2 aliphatic rings. The number of ether oxygens (including phenoxy) is 3. The summed E-state index contributed by atoms with van der Waals surface area (Å²) < 4.78 is 64.6. The lowest BCUT2D eigenvalue weighted by Crippen LogP contribution is -2.21. The maximum absolute atomic E-state index is 15.7. The Morgan fingerprint density at radius 1 is 1.00 bits per heavy atom. The Bertz CT molecular complexity index is 2040. The van der Waals surface area contributed by atoms with Crippen LogP contribution in [-0.4, -0.2) is 45.1 Å². The van der Waals surface area contributed by atoms with E-state index in [0.717, 1.165) is 24.6 Å². The van der Waals surface area contributed by atoms with Crippen LogP contribution in [0.4, 0.5) is 13.2 Å². The number of pyridine rings is 1. The topological polar surface area (TPSA) is 119 Å². The summed E-state index contributed by atoms with van der Waals surface area (Å²) in [6.45, 7) is 0.656. The van der Waals surface area contributed by atoms with Crippen molar-refractivity contribution in [2.45, 2.75) is 31.8 Å². The molecule has 3 atom stereocenters. The summed E-state index contributed by atoms with van der Waals surface area (Å²) in [6, 6.07) is 17.0. The Labute approximate surface area is 260 Å². The van der Waals surface area contributed by atoms with Gasteiger partial charge in [-0.1, -0.05) is 12.1 Å². The highest BCUT2D eigenvalue weighted by Gasteiger charge is 2.43. The average molecular weight is 627 g/mol. The third-order valence-electron chi connectivity index (χ3n) is 8.39. The highest BCUT2D eigenvalue weighted by atomic mass is 19.1. The molecule has 2 aliphatic heterocycles. The van der Waals surface area contributed by atoms with Crippen molar-refractivity contribution in [1.82, 2.24) is 14.5 Å². The number of aromatic carboxylic acids is 1. The summed E-state index contributed by atoms with van der Waals surface area (Å²) in [5, 5.41) is 18.5.